The normalized spacial score (nSPS) is 11.3. The number of rotatable bonds is 8. The van der Waals surface area contributed by atoms with Crippen LogP contribution >= 0.6 is 0 Å². The van der Waals surface area contributed by atoms with Crippen LogP contribution in [0.1, 0.15) is 57.6 Å². The molecule has 0 aliphatic carbocycles. The van der Waals surface area contributed by atoms with E-state index < -0.39 is 0 Å². The fourth-order valence-electron chi connectivity index (χ4n) is 2.26. The largest absolute Gasteiger partial charge is 0.312 e. The van der Waals surface area contributed by atoms with Gasteiger partial charge in [0.15, 0.2) is 0 Å². The Bertz CT molecular complexity index is 461. The molecule has 0 saturated carbocycles. The molecule has 1 N–H and O–H groups in total. The Morgan fingerprint density at radius 2 is 2.05 bits per heavy atom. The summed E-state index contributed by atoms with van der Waals surface area (Å²) in [5, 5.41) is 12.1. The van der Waals surface area contributed by atoms with Gasteiger partial charge in [0.05, 0.1) is 11.6 Å². The van der Waals surface area contributed by atoms with Gasteiger partial charge in [-0.1, -0.05) is 40.0 Å². The minimum atomic E-state index is -0.250. The van der Waals surface area contributed by atoms with E-state index in [0.717, 1.165) is 6.54 Å². The van der Waals surface area contributed by atoms with E-state index in [1.54, 1.807) is 6.07 Å². The number of benzene rings is 1. The van der Waals surface area contributed by atoms with Crippen molar-refractivity contribution in [1.29, 1.82) is 5.26 Å². The summed E-state index contributed by atoms with van der Waals surface area (Å²) in [5.74, 6) is -0.250. The Labute approximate surface area is 122 Å². The van der Waals surface area contributed by atoms with Gasteiger partial charge in [-0.15, -0.1) is 0 Å². The maximum Gasteiger partial charge on any atom is 0.127 e. The smallest absolute Gasteiger partial charge is 0.127 e. The molecule has 0 bridgehead atoms. The van der Waals surface area contributed by atoms with E-state index in [2.05, 4.69) is 26.1 Å². The van der Waals surface area contributed by atoms with E-state index in [1.807, 2.05) is 6.07 Å². The van der Waals surface area contributed by atoms with Gasteiger partial charge in [-0.2, -0.15) is 5.26 Å². The third-order valence-corrected chi connectivity index (χ3v) is 3.55. The van der Waals surface area contributed by atoms with Crippen molar-refractivity contribution in [3.8, 4) is 6.07 Å². The number of nitrogens with one attached hydrogen (secondary N) is 1. The summed E-state index contributed by atoms with van der Waals surface area (Å²) in [7, 11) is 0. The summed E-state index contributed by atoms with van der Waals surface area (Å²) in [6, 6.07) is 6.53. The summed E-state index contributed by atoms with van der Waals surface area (Å²) >= 11 is 0. The lowest BCUT2D eigenvalue weighted by Gasteiger charge is -2.25. The molecule has 0 heterocycles. The fourth-order valence-corrected chi connectivity index (χ4v) is 2.26. The zero-order chi connectivity index (χ0) is 15.0. The third kappa shape index (κ3) is 5.71. The van der Waals surface area contributed by atoms with Gasteiger partial charge in [-0.3, -0.25) is 0 Å². The molecule has 0 fully saturated rings. The highest BCUT2D eigenvalue weighted by Gasteiger charge is 2.16. The minimum Gasteiger partial charge on any atom is -0.312 e. The van der Waals surface area contributed by atoms with E-state index in [0.29, 0.717) is 17.7 Å². The number of unbranched alkanes of at least 4 members (excludes halogenated alkanes) is 2. The first-order valence-electron chi connectivity index (χ1n) is 7.38. The van der Waals surface area contributed by atoms with Crippen molar-refractivity contribution in [3.05, 3.63) is 35.1 Å². The molecule has 0 saturated heterocycles. The van der Waals surface area contributed by atoms with Gasteiger partial charge in [0.2, 0.25) is 0 Å². The van der Waals surface area contributed by atoms with Crippen LogP contribution in [0.3, 0.4) is 0 Å². The molecule has 0 aromatic heterocycles. The zero-order valence-electron chi connectivity index (χ0n) is 12.8. The van der Waals surface area contributed by atoms with Crippen LogP contribution in [0.15, 0.2) is 18.2 Å². The molecule has 0 aliphatic rings. The topological polar surface area (TPSA) is 35.8 Å². The van der Waals surface area contributed by atoms with Crippen molar-refractivity contribution in [2.75, 3.05) is 6.54 Å². The minimum absolute atomic E-state index is 0.221. The maximum atomic E-state index is 13.6. The van der Waals surface area contributed by atoms with Crippen LogP contribution in [0.4, 0.5) is 4.39 Å². The zero-order valence-corrected chi connectivity index (χ0v) is 12.8. The van der Waals surface area contributed by atoms with Gasteiger partial charge in [0.25, 0.3) is 0 Å². The molecule has 1 aromatic carbocycles. The summed E-state index contributed by atoms with van der Waals surface area (Å²) in [6.45, 7) is 8.00. The van der Waals surface area contributed by atoms with E-state index in [-0.39, 0.29) is 11.2 Å². The van der Waals surface area contributed by atoms with E-state index in [1.165, 1.54) is 37.8 Å². The highest BCUT2D eigenvalue weighted by atomic mass is 19.1. The van der Waals surface area contributed by atoms with Gasteiger partial charge >= 0.3 is 0 Å². The standard InChI is InChI=1S/C17H25FN2/c1-4-5-6-9-17(2,3)13-20-12-15-10-14(11-19)7-8-16(15)18/h7-8,10,20H,4-6,9,12-13H2,1-3H3. The van der Waals surface area contributed by atoms with E-state index in [9.17, 15) is 4.39 Å². The molecular weight excluding hydrogens is 251 g/mol. The predicted molar refractivity (Wildman–Crippen MR) is 80.7 cm³/mol. The van der Waals surface area contributed by atoms with E-state index in [4.69, 9.17) is 5.26 Å². The second kappa shape index (κ2) is 8.01. The molecule has 0 radical (unpaired) electrons. The molecular formula is C17H25FN2. The van der Waals surface area contributed by atoms with Crippen molar-refractivity contribution >= 4 is 0 Å². The molecule has 1 rings (SSSR count). The quantitative estimate of drug-likeness (QED) is 0.715. The first-order chi connectivity index (χ1) is 9.48. The Kier molecular flexibility index (Phi) is 6.67. The van der Waals surface area contributed by atoms with Crippen LogP contribution in [-0.2, 0) is 6.54 Å². The van der Waals surface area contributed by atoms with Gasteiger partial charge in [-0.05, 0) is 30.0 Å². The molecule has 3 heteroatoms. The monoisotopic (exact) mass is 276 g/mol. The van der Waals surface area contributed by atoms with Crippen LogP contribution in [0, 0.1) is 22.6 Å². The van der Waals surface area contributed by atoms with Gasteiger partial charge in [-0.25, -0.2) is 4.39 Å². The van der Waals surface area contributed by atoms with Crippen molar-refractivity contribution in [3.63, 3.8) is 0 Å². The molecule has 2 nitrogen and oxygen atoms in total. The molecule has 1 aromatic rings. The molecule has 110 valence electrons. The van der Waals surface area contributed by atoms with Crippen LogP contribution in [0.5, 0.6) is 0 Å². The van der Waals surface area contributed by atoms with Crippen molar-refractivity contribution in [1.82, 2.24) is 5.32 Å². The highest BCUT2D eigenvalue weighted by Crippen LogP contribution is 2.23. The molecule has 0 amide bonds. The van der Waals surface area contributed by atoms with Crippen LogP contribution in [0.2, 0.25) is 0 Å². The van der Waals surface area contributed by atoms with Gasteiger partial charge in [0, 0.05) is 18.7 Å². The molecule has 20 heavy (non-hydrogen) atoms. The molecule has 0 spiro atoms. The predicted octanol–water partition coefficient (Wildman–Crippen LogP) is 4.39. The summed E-state index contributed by atoms with van der Waals surface area (Å²) in [5.41, 5.74) is 1.29. The number of nitrogens with zero attached hydrogens (tertiary/aromatic N) is 1. The van der Waals surface area contributed by atoms with Crippen molar-refractivity contribution < 1.29 is 4.39 Å². The Balaban J connectivity index is 2.45. The molecule has 0 unspecified atom stereocenters. The fraction of sp³-hybridized carbons (Fsp3) is 0.588. The second-order valence-electron chi connectivity index (χ2n) is 6.14. The number of halogens is 1. The Morgan fingerprint density at radius 3 is 2.70 bits per heavy atom. The molecule has 0 atom stereocenters. The van der Waals surface area contributed by atoms with Crippen molar-refractivity contribution in [2.45, 2.75) is 53.0 Å². The maximum absolute atomic E-state index is 13.6. The lowest BCUT2D eigenvalue weighted by molar-refractivity contribution is 0.301. The van der Waals surface area contributed by atoms with Crippen molar-refractivity contribution in [2.24, 2.45) is 5.41 Å². The summed E-state index contributed by atoms with van der Waals surface area (Å²) in [6.07, 6.45) is 4.91. The van der Waals surface area contributed by atoms with Crippen LogP contribution in [0.25, 0.3) is 0 Å². The van der Waals surface area contributed by atoms with Gasteiger partial charge in [0.1, 0.15) is 5.82 Å². The summed E-state index contributed by atoms with van der Waals surface area (Å²) < 4.78 is 13.6. The van der Waals surface area contributed by atoms with Gasteiger partial charge < -0.3 is 5.32 Å². The lowest BCUT2D eigenvalue weighted by atomic mass is 9.87. The Morgan fingerprint density at radius 1 is 1.30 bits per heavy atom. The van der Waals surface area contributed by atoms with E-state index >= 15 is 0 Å². The molecule has 0 aliphatic heterocycles. The lowest BCUT2D eigenvalue weighted by Crippen LogP contribution is -2.29. The second-order valence-corrected chi connectivity index (χ2v) is 6.14. The van der Waals surface area contributed by atoms with Crippen LogP contribution in [-0.4, -0.2) is 6.54 Å². The average molecular weight is 276 g/mol. The first kappa shape index (κ1) is 16.7. The average Bonchev–Trinajstić information content (AvgIpc) is 2.41. The number of hydrogen-bond donors (Lipinski definition) is 1. The Hall–Kier alpha value is -1.40. The third-order valence-electron chi connectivity index (χ3n) is 3.55. The SMILES string of the molecule is CCCCCC(C)(C)CNCc1cc(C#N)ccc1F. The number of nitriles is 1. The van der Waals surface area contributed by atoms with Crippen LogP contribution < -0.4 is 5.32 Å². The summed E-state index contributed by atoms with van der Waals surface area (Å²) in [4.78, 5) is 0. The first-order valence-corrected chi connectivity index (χ1v) is 7.38. The number of hydrogen-bond acceptors (Lipinski definition) is 2. The highest BCUT2D eigenvalue weighted by molar-refractivity contribution is 5.33.